The van der Waals surface area contributed by atoms with Crippen molar-refractivity contribution in [2.75, 3.05) is 38.0 Å². The Morgan fingerprint density at radius 3 is 2.20 bits per heavy atom. The van der Waals surface area contributed by atoms with Crippen molar-refractivity contribution in [2.24, 2.45) is 0 Å². The number of ether oxygens (including phenoxy) is 1. The Hall–Kier alpha value is -2.42. The van der Waals surface area contributed by atoms with Crippen LogP contribution in [0.15, 0.2) is 53.4 Å². The van der Waals surface area contributed by atoms with Gasteiger partial charge in [-0.1, -0.05) is 24.6 Å². The van der Waals surface area contributed by atoms with Gasteiger partial charge < -0.3 is 15.0 Å². The molecule has 0 bridgehead atoms. The number of nitrogens with one attached hydrogen (secondary N) is 1. The molecule has 1 fully saturated rings. The first kappa shape index (κ1) is 22.3. The predicted molar refractivity (Wildman–Crippen MR) is 117 cm³/mol. The van der Waals surface area contributed by atoms with Gasteiger partial charge in [0.05, 0.1) is 4.90 Å². The fourth-order valence-corrected chi connectivity index (χ4v) is 4.69. The van der Waals surface area contributed by atoms with Gasteiger partial charge in [-0.2, -0.15) is 4.31 Å². The normalized spacial score (nSPS) is 16.8. The third-order valence-corrected chi connectivity index (χ3v) is 7.15. The van der Waals surface area contributed by atoms with Crippen LogP contribution in [-0.4, -0.2) is 62.4 Å². The van der Waals surface area contributed by atoms with Crippen LogP contribution in [-0.2, 0) is 14.8 Å². The Morgan fingerprint density at radius 1 is 1.03 bits per heavy atom. The molecule has 0 unspecified atom stereocenters. The van der Waals surface area contributed by atoms with Crippen molar-refractivity contribution >= 4 is 21.6 Å². The zero-order valence-corrected chi connectivity index (χ0v) is 18.5. The van der Waals surface area contributed by atoms with E-state index in [1.807, 2.05) is 31.2 Å². The molecular weight excluding hydrogens is 402 g/mol. The number of piperazine rings is 1. The third kappa shape index (κ3) is 5.38. The van der Waals surface area contributed by atoms with Crippen LogP contribution in [0.1, 0.15) is 19.4 Å². The van der Waals surface area contributed by atoms with E-state index in [1.165, 1.54) is 16.4 Å². The number of rotatable bonds is 7. The van der Waals surface area contributed by atoms with Crippen LogP contribution in [0.2, 0.25) is 0 Å². The molecule has 1 atom stereocenters. The molecule has 1 heterocycles. The lowest BCUT2D eigenvalue weighted by molar-refractivity contribution is -0.122. The number of hydrogen-bond donors (Lipinski definition) is 1. The molecule has 7 nitrogen and oxygen atoms in total. The van der Waals surface area contributed by atoms with Gasteiger partial charge in [0.15, 0.2) is 6.10 Å². The monoisotopic (exact) mass is 431 g/mol. The molecule has 162 valence electrons. The molecule has 30 heavy (non-hydrogen) atoms. The molecule has 1 aliphatic rings. The van der Waals surface area contributed by atoms with E-state index in [0.717, 1.165) is 25.2 Å². The summed E-state index contributed by atoms with van der Waals surface area (Å²) in [5, 5.41) is 2.77. The van der Waals surface area contributed by atoms with Gasteiger partial charge in [0.1, 0.15) is 5.75 Å². The highest BCUT2D eigenvalue weighted by Gasteiger charge is 2.28. The number of likely N-dealkylation sites (N-methyl/N-ethyl adjacent to an activating group) is 1. The Bertz CT molecular complexity index is 951. The maximum atomic E-state index is 12.9. The summed E-state index contributed by atoms with van der Waals surface area (Å²) >= 11 is 0. The minimum atomic E-state index is -3.53. The first-order valence-electron chi connectivity index (χ1n) is 10.2. The van der Waals surface area contributed by atoms with Gasteiger partial charge >= 0.3 is 0 Å². The van der Waals surface area contributed by atoms with Gasteiger partial charge in [-0.3, -0.25) is 4.79 Å². The minimum Gasteiger partial charge on any atom is -0.481 e. The molecule has 8 heteroatoms. The number of carbonyl (C=O) groups excluding carboxylic acids is 1. The highest BCUT2D eigenvalue weighted by Crippen LogP contribution is 2.20. The molecule has 1 aliphatic heterocycles. The number of carbonyl (C=O) groups is 1. The van der Waals surface area contributed by atoms with Crippen molar-refractivity contribution < 1.29 is 17.9 Å². The van der Waals surface area contributed by atoms with Crippen molar-refractivity contribution in [1.82, 2.24) is 9.21 Å². The predicted octanol–water partition coefficient (Wildman–Crippen LogP) is 2.73. The second-order valence-corrected chi connectivity index (χ2v) is 9.36. The SMILES string of the molecule is CCN1CCN(S(=O)(=O)c2ccc(NC(=O)[C@H](C)Oc3ccc(C)cc3)cc2)CC1. The van der Waals surface area contributed by atoms with Crippen LogP contribution in [0.5, 0.6) is 5.75 Å². The number of amides is 1. The molecule has 0 spiro atoms. The van der Waals surface area contributed by atoms with E-state index < -0.39 is 16.1 Å². The molecule has 0 radical (unpaired) electrons. The molecule has 0 saturated carbocycles. The highest BCUT2D eigenvalue weighted by molar-refractivity contribution is 7.89. The molecule has 1 saturated heterocycles. The highest BCUT2D eigenvalue weighted by atomic mass is 32.2. The van der Waals surface area contributed by atoms with Gasteiger partial charge in [-0.05, 0) is 56.8 Å². The summed E-state index contributed by atoms with van der Waals surface area (Å²) in [5.74, 6) is 0.315. The fraction of sp³-hybridized carbons (Fsp3) is 0.409. The summed E-state index contributed by atoms with van der Waals surface area (Å²) in [6, 6.07) is 13.7. The van der Waals surface area contributed by atoms with Crippen LogP contribution in [0.25, 0.3) is 0 Å². The first-order chi connectivity index (χ1) is 14.3. The van der Waals surface area contributed by atoms with E-state index in [4.69, 9.17) is 4.74 Å². The van der Waals surface area contributed by atoms with Crippen LogP contribution in [0.3, 0.4) is 0 Å². The Balaban J connectivity index is 1.59. The van der Waals surface area contributed by atoms with E-state index in [0.29, 0.717) is 24.5 Å². The number of sulfonamides is 1. The van der Waals surface area contributed by atoms with Crippen molar-refractivity contribution in [2.45, 2.75) is 31.8 Å². The molecule has 1 amide bonds. The fourth-order valence-electron chi connectivity index (χ4n) is 3.26. The summed E-state index contributed by atoms with van der Waals surface area (Å²) in [4.78, 5) is 14.9. The lowest BCUT2D eigenvalue weighted by atomic mass is 10.2. The number of nitrogens with zero attached hydrogens (tertiary/aromatic N) is 2. The zero-order valence-electron chi connectivity index (χ0n) is 17.7. The van der Waals surface area contributed by atoms with Crippen molar-refractivity contribution in [3.63, 3.8) is 0 Å². The molecule has 2 aromatic carbocycles. The standard InChI is InChI=1S/C22H29N3O4S/c1-4-24-13-15-25(16-14-24)30(27,28)21-11-7-19(8-12-21)23-22(26)18(3)29-20-9-5-17(2)6-10-20/h5-12,18H,4,13-16H2,1-3H3,(H,23,26)/t18-/m0/s1. The largest absolute Gasteiger partial charge is 0.481 e. The maximum Gasteiger partial charge on any atom is 0.265 e. The van der Waals surface area contributed by atoms with E-state index in [2.05, 4.69) is 17.1 Å². The number of hydrogen-bond acceptors (Lipinski definition) is 5. The zero-order chi connectivity index (χ0) is 21.7. The summed E-state index contributed by atoms with van der Waals surface area (Å²) in [7, 11) is -3.53. The summed E-state index contributed by atoms with van der Waals surface area (Å²) in [6.45, 7) is 9.10. The quantitative estimate of drug-likeness (QED) is 0.729. The topological polar surface area (TPSA) is 79.0 Å². The van der Waals surface area contributed by atoms with Crippen LogP contribution < -0.4 is 10.1 Å². The lowest BCUT2D eigenvalue weighted by Gasteiger charge is -2.33. The number of anilines is 1. The minimum absolute atomic E-state index is 0.231. The van der Waals surface area contributed by atoms with Crippen LogP contribution >= 0.6 is 0 Å². The molecule has 0 aromatic heterocycles. The van der Waals surface area contributed by atoms with E-state index in [-0.39, 0.29) is 10.8 Å². The molecule has 3 rings (SSSR count). The summed E-state index contributed by atoms with van der Waals surface area (Å²) in [6.07, 6.45) is -0.689. The number of benzene rings is 2. The molecule has 1 N–H and O–H groups in total. The van der Waals surface area contributed by atoms with Gasteiger partial charge in [0.25, 0.3) is 5.91 Å². The average Bonchev–Trinajstić information content (AvgIpc) is 2.75. The van der Waals surface area contributed by atoms with Crippen molar-refractivity contribution in [1.29, 1.82) is 0 Å². The third-order valence-electron chi connectivity index (χ3n) is 5.24. The van der Waals surface area contributed by atoms with Gasteiger partial charge in [-0.15, -0.1) is 0 Å². The Labute approximate surface area is 178 Å². The van der Waals surface area contributed by atoms with Gasteiger partial charge in [-0.25, -0.2) is 8.42 Å². The van der Waals surface area contributed by atoms with E-state index in [1.54, 1.807) is 19.1 Å². The van der Waals surface area contributed by atoms with E-state index >= 15 is 0 Å². The van der Waals surface area contributed by atoms with Crippen molar-refractivity contribution in [3.05, 3.63) is 54.1 Å². The second-order valence-electron chi connectivity index (χ2n) is 7.43. The molecule has 0 aliphatic carbocycles. The summed E-state index contributed by atoms with van der Waals surface area (Å²) in [5.41, 5.74) is 1.64. The van der Waals surface area contributed by atoms with Crippen molar-refractivity contribution in [3.8, 4) is 5.75 Å². The summed E-state index contributed by atoms with van der Waals surface area (Å²) < 4.78 is 32.9. The van der Waals surface area contributed by atoms with E-state index in [9.17, 15) is 13.2 Å². The Kier molecular flexibility index (Phi) is 7.12. The number of aryl methyl sites for hydroxylation is 1. The maximum absolute atomic E-state index is 12.9. The average molecular weight is 432 g/mol. The van der Waals surface area contributed by atoms with Gasteiger partial charge in [0.2, 0.25) is 10.0 Å². The van der Waals surface area contributed by atoms with Crippen LogP contribution in [0, 0.1) is 6.92 Å². The molecule has 2 aromatic rings. The first-order valence-corrected chi connectivity index (χ1v) is 11.6. The second kappa shape index (κ2) is 9.59. The molecular formula is C22H29N3O4S. The lowest BCUT2D eigenvalue weighted by Crippen LogP contribution is -2.48. The smallest absolute Gasteiger partial charge is 0.265 e. The Morgan fingerprint density at radius 2 is 1.63 bits per heavy atom. The van der Waals surface area contributed by atoms with Gasteiger partial charge in [0, 0.05) is 31.9 Å². The van der Waals surface area contributed by atoms with Crippen LogP contribution in [0.4, 0.5) is 5.69 Å².